The molecule has 150 valence electrons. The number of aryl methyl sites for hydroxylation is 1. The lowest BCUT2D eigenvalue weighted by Crippen LogP contribution is -2.31. The van der Waals surface area contributed by atoms with Crippen molar-refractivity contribution in [2.75, 3.05) is 25.0 Å². The van der Waals surface area contributed by atoms with Crippen LogP contribution in [0.4, 0.5) is 5.69 Å². The van der Waals surface area contributed by atoms with E-state index in [0.29, 0.717) is 12.5 Å². The van der Waals surface area contributed by atoms with Crippen LogP contribution in [0.25, 0.3) is 10.8 Å². The van der Waals surface area contributed by atoms with E-state index in [-0.39, 0.29) is 5.91 Å². The number of benzene rings is 3. The molecule has 3 aromatic rings. The van der Waals surface area contributed by atoms with Gasteiger partial charge in [-0.3, -0.25) is 4.79 Å². The minimum Gasteiger partial charge on any atom is -0.385 e. The fourth-order valence-corrected chi connectivity index (χ4v) is 4.04. The average Bonchev–Trinajstić information content (AvgIpc) is 2.77. The third-order valence-corrected chi connectivity index (χ3v) is 5.86. The molecular weight excluding hydrogens is 358 g/mol. The fourth-order valence-electron chi connectivity index (χ4n) is 4.04. The highest BCUT2D eigenvalue weighted by molar-refractivity contribution is 5.97. The van der Waals surface area contributed by atoms with Gasteiger partial charge in [0.2, 0.25) is 0 Å². The van der Waals surface area contributed by atoms with Gasteiger partial charge in [0, 0.05) is 24.3 Å². The van der Waals surface area contributed by atoms with Gasteiger partial charge in [-0.25, -0.2) is 0 Å². The van der Waals surface area contributed by atoms with E-state index < -0.39 is 0 Å². The molecule has 1 aliphatic rings. The highest BCUT2D eigenvalue weighted by atomic mass is 16.1. The fraction of sp³-hybridized carbons (Fsp3) is 0.320. The molecule has 1 aliphatic heterocycles. The maximum absolute atomic E-state index is 12.9. The van der Waals surface area contributed by atoms with E-state index in [1.165, 1.54) is 23.6 Å². The molecule has 4 nitrogen and oxygen atoms in total. The third kappa shape index (κ3) is 4.77. The number of rotatable bonds is 6. The zero-order valence-corrected chi connectivity index (χ0v) is 17.0. The first kappa shape index (κ1) is 19.5. The van der Waals surface area contributed by atoms with E-state index in [1.54, 1.807) is 0 Å². The zero-order chi connectivity index (χ0) is 20.1. The van der Waals surface area contributed by atoms with Crippen LogP contribution in [0.3, 0.4) is 0 Å². The second-order valence-electron chi connectivity index (χ2n) is 7.92. The molecule has 0 spiro atoms. The van der Waals surface area contributed by atoms with Crippen LogP contribution in [0.15, 0.2) is 60.7 Å². The van der Waals surface area contributed by atoms with Crippen LogP contribution in [-0.2, 0) is 6.54 Å². The van der Waals surface area contributed by atoms with Crippen LogP contribution in [0, 0.1) is 12.8 Å². The first-order chi connectivity index (χ1) is 14.2. The summed E-state index contributed by atoms with van der Waals surface area (Å²) in [6.45, 7) is 5.67. The topological polar surface area (TPSA) is 53.2 Å². The summed E-state index contributed by atoms with van der Waals surface area (Å²) in [4.78, 5) is 12.9. The number of amides is 1. The molecule has 3 N–H and O–H groups in total. The molecule has 1 saturated heterocycles. The largest absolute Gasteiger partial charge is 0.385 e. The summed E-state index contributed by atoms with van der Waals surface area (Å²) in [5.41, 5.74) is 3.88. The van der Waals surface area contributed by atoms with E-state index in [2.05, 4.69) is 46.3 Å². The molecule has 3 aromatic carbocycles. The molecule has 0 radical (unpaired) electrons. The Balaban J connectivity index is 1.42. The van der Waals surface area contributed by atoms with Crippen LogP contribution in [0.2, 0.25) is 0 Å². The van der Waals surface area contributed by atoms with E-state index in [1.807, 2.05) is 37.3 Å². The minimum atomic E-state index is -0.0269. The Morgan fingerprint density at radius 1 is 1.03 bits per heavy atom. The Hall–Kier alpha value is -2.85. The van der Waals surface area contributed by atoms with Gasteiger partial charge < -0.3 is 16.0 Å². The Morgan fingerprint density at radius 3 is 2.69 bits per heavy atom. The van der Waals surface area contributed by atoms with Crippen molar-refractivity contribution < 1.29 is 4.79 Å². The molecule has 4 rings (SSSR count). The molecule has 1 amide bonds. The van der Waals surface area contributed by atoms with E-state index >= 15 is 0 Å². The predicted octanol–water partition coefficient (Wildman–Crippen LogP) is 4.49. The van der Waals surface area contributed by atoms with Crippen molar-refractivity contribution in [2.45, 2.75) is 26.3 Å². The number of hydrogen-bond acceptors (Lipinski definition) is 3. The molecule has 0 unspecified atom stereocenters. The van der Waals surface area contributed by atoms with E-state index in [9.17, 15) is 4.79 Å². The van der Waals surface area contributed by atoms with Crippen molar-refractivity contribution in [3.63, 3.8) is 0 Å². The van der Waals surface area contributed by atoms with Gasteiger partial charge in [0.1, 0.15) is 0 Å². The quantitative estimate of drug-likeness (QED) is 0.584. The smallest absolute Gasteiger partial charge is 0.251 e. The van der Waals surface area contributed by atoms with Crippen molar-refractivity contribution in [2.24, 2.45) is 5.92 Å². The molecule has 0 atom stereocenters. The normalized spacial score (nSPS) is 14.7. The van der Waals surface area contributed by atoms with Crippen LogP contribution in [0.1, 0.15) is 34.3 Å². The Kier molecular flexibility index (Phi) is 6.11. The van der Waals surface area contributed by atoms with Crippen molar-refractivity contribution in [3.8, 4) is 0 Å². The SMILES string of the molecule is Cc1ccc(NCC2CCNCC2)cc1C(=O)NCc1cccc2ccccc12. The predicted molar refractivity (Wildman–Crippen MR) is 120 cm³/mol. The minimum absolute atomic E-state index is 0.0269. The average molecular weight is 388 g/mol. The molecule has 0 aromatic heterocycles. The van der Waals surface area contributed by atoms with E-state index in [0.717, 1.165) is 42.0 Å². The van der Waals surface area contributed by atoms with Crippen LogP contribution in [-0.4, -0.2) is 25.5 Å². The first-order valence-electron chi connectivity index (χ1n) is 10.5. The second-order valence-corrected chi connectivity index (χ2v) is 7.92. The van der Waals surface area contributed by atoms with Gasteiger partial charge in [-0.2, -0.15) is 0 Å². The van der Waals surface area contributed by atoms with Gasteiger partial charge in [-0.1, -0.05) is 48.5 Å². The summed E-state index contributed by atoms with van der Waals surface area (Å²) in [7, 11) is 0. The molecular formula is C25H29N3O. The molecule has 29 heavy (non-hydrogen) atoms. The van der Waals surface area contributed by atoms with Gasteiger partial charge in [-0.05, 0) is 72.8 Å². The number of hydrogen-bond donors (Lipinski definition) is 3. The van der Waals surface area contributed by atoms with Crippen molar-refractivity contribution in [3.05, 3.63) is 77.4 Å². The van der Waals surface area contributed by atoms with Crippen molar-refractivity contribution >= 4 is 22.4 Å². The van der Waals surface area contributed by atoms with Gasteiger partial charge in [-0.15, -0.1) is 0 Å². The van der Waals surface area contributed by atoms with Crippen LogP contribution in [0.5, 0.6) is 0 Å². The summed E-state index contributed by atoms with van der Waals surface area (Å²) in [6.07, 6.45) is 2.41. The Morgan fingerprint density at radius 2 is 1.83 bits per heavy atom. The number of fused-ring (bicyclic) bond motifs is 1. The molecule has 1 heterocycles. The Bertz CT molecular complexity index is 987. The number of piperidine rings is 1. The van der Waals surface area contributed by atoms with Gasteiger partial charge in [0.05, 0.1) is 0 Å². The summed E-state index contributed by atoms with van der Waals surface area (Å²) in [5, 5.41) is 12.4. The lowest BCUT2D eigenvalue weighted by Gasteiger charge is -2.23. The maximum Gasteiger partial charge on any atom is 0.251 e. The summed E-state index contributed by atoms with van der Waals surface area (Å²) in [6, 6.07) is 20.6. The maximum atomic E-state index is 12.9. The number of anilines is 1. The molecule has 0 saturated carbocycles. The monoisotopic (exact) mass is 387 g/mol. The standard InChI is InChI=1S/C25H29N3O/c1-18-9-10-22(27-16-19-11-13-26-14-12-19)15-24(18)25(29)28-17-21-7-4-6-20-5-2-3-8-23(20)21/h2-10,15,19,26-27H,11-14,16-17H2,1H3,(H,28,29). The highest BCUT2D eigenvalue weighted by Crippen LogP contribution is 2.20. The lowest BCUT2D eigenvalue weighted by molar-refractivity contribution is 0.0950. The summed E-state index contributed by atoms with van der Waals surface area (Å²) in [5.74, 6) is 0.669. The van der Waals surface area contributed by atoms with Crippen LogP contribution < -0.4 is 16.0 Å². The second kappa shape index (κ2) is 9.10. The molecule has 0 bridgehead atoms. The number of carbonyl (C=O) groups is 1. The summed E-state index contributed by atoms with van der Waals surface area (Å²) < 4.78 is 0. The van der Waals surface area contributed by atoms with Gasteiger partial charge >= 0.3 is 0 Å². The number of nitrogens with one attached hydrogen (secondary N) is 3. The molecule has 4 heteroatoms. The van der Waals surface area contributed by atoms with Crippen molar-refractivity contribution in [1.29, 1.82) is 0 Å². The Labute approximate surface area is 172 Å². The van der Waals surface area contributed by atoms with E-state index in [4.69, 9.17) is 0 Å². The highest BCUT2D eigenvalue weighted by Gasteiger charge is 2.14. The first-order valence-corrected chi connectivity index (χ1v) is 10.5. The zero-order valence-electron chi connectivity index (χ0n) is 17.0. The lowest BCUT2D eigenvalue weighted by atomic mass is 9.98. The van der Waals surface area contributed by atoms with Crippen LogP contribution >= 0.6 is 0 Å². The van der Waals surface area contributed by atoms with Gasteiger partial charge in [0.15, 0.2) is 0 Å². The molecule has 1 fully saturated rings. The van der Waals surface area contributed by atoms with Gasteiger partial charge in [0.25, 0.3) is 5.91 Å². The third-order valence-electron chi connectivity index (χ3n) is 5.86. The molecule has 0 aliphatic carbocycles. The summed E-state index contributed by atoms with van der Waals surface area (Å²) >= 11 is 0. The van der Waals surface area contributed by atoms with Crippen molar-refractivity contribution in [1.82, 2.24) is 10.6 Å². The number of carbonyl (C=O) groups excluding carboxylic acids is 1.